The summed E-state index contributed by atoms with van der Waals surface area (Å²) in [7, 11) is 0. The van der Waals surface area contributed by atoms with Crippen LogP contribution in [0.25, 0.3) is 10.9 Å². The summed E-state index contributed by atoms with van der Waals surface area (Å²) in [6.07, 6.45) is 1.94. The molecule has 0 aliphatic heterocycles. The van der Waals surface area contributed by atoms with Crippen LogP contribution in [-0.4, -0.2) is 16.3 Å². The van der Waals surface area contributed by atoms with E-state index in [-0.39, 0.29) is 18.3 Å². The minimum absolute atomic E-state index is 0.0350. The van der Waals surface area contributed by atoms with E-state index in [0.29, 0.717) is 5.39 Å². The summed E-state index contributed by atoms with van der Waals surface area (Å²) >= 11 is 0. The first-order valence-corrected chi connectivity index (χ1v) is 5.57. The number of halogens is 1. The van der Waals surface area contributed by atoms with Gasteiger partial charge in [-0.05, 0) is 24.6 Å². The Morgan fingerprint density at radius 1 is 1.44 bits per heavy atom. The summed E-state index contributed by atoms with van der Waals surface area (Å²) in [6, 6.07) is 5.10. The summed E-state index contributed by atoms with van der Waals surface area (Å²) in [4.78, 5) is 0. The number of hydrogen-bond acceptors (Lipinski definition) is 1. The van der Waals surface area contributed by atoms with Gasteiger partial charge in [-0.25, -0.2) is 4.39 Å². The number of benzene rings is 1. The fourth-order valence-electron chi connectivity index (χ4n) is 2.07. The average molecular weight is 221 g/mol. The van der Waals surface area contributed by atoms with Gasteiger partial charge in [-0.3, -0.25) is 0 Å². The predicted molar refractivity (Wildman–Crippen MR) is 63.1 cm³/mol. The lowest BCUT2D eigenvalue weighted by atomic mass is 10.0. The maximum absolute atomic E-state index is 13.8. The van der Waals surface area contributed by atoms with Crippen LogP contribution in [0.1, 0.15) is 25.3 Å². The molecule has 0 saturated carbocycles. The highest BCUT2D eigenvalue weighted by Gasteiger charge is 2.15. The van der Waals surface area contributed by atoms with E-state index < -0.39 is 0 Å². The molecule has 86 valence electrons. The second kappa shape index (κ2) is 4.26. The highest BCUT2D eigenvalue weighted by atomic mass is 19.1. The van der Waals surface area contributed by atoms with Gasteiger partial charge in [0.15, 0.2) is 0 Å². The van der Waals surface area contributed by atoms with Gasteiger partial charge in [-0.2, -0.15) is 0 Å². The number of fused-ring (bicyclic) bond motifs is 1. The molecule has 16 heavy (non-hydrogen) atoms. The molecule has 1 N–H and O–H groups in total. The van der Waals surface area contributed by atoms with Crippen LogP contribution in [0.2, 0.25) is 0 Å². The zero-order chi connectivity index (χ0) is 11.7. The van der Waals surface area contributed by atoms with E-state index in [9.17, 15) is 9.50 Å². The molecule has 0 radical (unpaired) electrons. The topological polar surface area (TPSA) is 25.2 Å². The largest absolute Gasteiger partial charge is 0.396 e. The Morgan fingerprint density at radius 3 is 2.81 bits per heavy atom. The van der Waals surface area contributed by atoms with Crippen molar-refractivity contribution in [2.45, 2.75) is 26.3 Å². The maximum Gasteiger partial charge on any atom is 0.132 e. The van der Waals surface area contributed by atoms with Crippen LogP contribution in [-0.2, 0) is 6.54 Å². The zero-order valence-electron chi connectivity index (χ0n) is 9.57. The molecular formula is C13H16FNO. The summed E-state index contributed by atoms with van der Waals surface area (Å²) in [5.41, 5.74) is 1.79. The van der Waals surface area contributed by atoms with Crippen molar-refractivity contribution >= 4 is 10.9 Å². The van der Waals surface area contributed by atoms with E-state index in [4.69, 9.17) is 0 Å². The van der Waals surface area contributed by atoms with Gasteiger partial charge < -0.3 is 9.67 Å². The second-order valence-electron chi connectivity index (χ2n) is 4.09. The fourth-order valence-corrected chi connectivity index (χ4v) is 2.07. The van der Waals surface area contributed by atoms with E-state index in [1.807, 2.05) is 30.7 Å². The third-order valence-corrected chi connectivity index (χ3v) is 3.03. The fraction of sp³-hybridized carbons (Fsp3) is 0.385. The number of aromatic nitrogens is 1. The van der Waals surface area contributed by atoms with Gasteiger partial charge in [0, 0.05) is 30.7 Å². The lowest BCUT2D eigenvalue weighted by Crippen LogP contribution is -1.98. The van der Waals surface area contributed by atoms with E-state index in [0.717, 1.165) is 17.6 Å². The van der Waals surface area contributed by atoms with Crippen molar-refractivity contribution in [3.8, 4) is 0 Å². The average Bonchev–Trinajstić information content (AvgIpc) is 2.68. The van der Waals surface area contributed by atoms with Crippen molar-refractivity contribution in [1.29, 1.82) is 0 Å². The van der Waals surface area contributed by atoms with Crippen molar-refractivity contribution < 1.29 is 9.50 Å². The van der Waals surface area contributed by atoms with Crippen molar-refractivity contribution in [3.63, 3.8) is 0 Å². The summed E-state index contributed by atoms with van der Waals surface area (Å²) < 4.78 is 15.8. The molecule has 1 atom stereocenters. The zero-order valence-corrected chi connectivity index (χ0v) is 9.57. The second-order valence-corrected chi connectivity index (χ2v) is 4.09. The van der Waals surface area contributed by atoms with Crippen LogP contribution in [0.5, 0.6) is 0 Å². The van der Waals surface area contributed by atoms with Crippen molar-refractivity contribution in [3.05, 3.63) is 35.8 Å². The Morgan fingerprint density at radius 2 is 2.19 bits per heavy atom. The SMILES string of the molecule is CCn1cc(C(C)CO)c2c(F)cccc21. The Kier molecular flexibility index (Phi) is 2.97. The molecular weight excluding hydrogens is 205 g/mol. The molecule has 0 bridgehead atoms. The third-order valence-electron chi connectivity index (χ3n) is 3.03. The summed E-state index contributed by atoms with van der Waals surface area (Å²) in [5.74, 6) is -0.243. The van der Waals surface area contributed by atoms with Crippen molar-refractivity contribution in [2.24, 2.45) is 0 Å². The van der Waals surface area contributed by atoms with Gasteiger partial charge in [0.1, 0.15) is 5.82 Å². The lowest BCUT2D eigenvalue weighted by Gasteiger charge is -2.05. The molecule has 0 spiro atoms. The minimum Gasteiger partial charge on any atom is -0.396 e. The van der Waals surface area contributed by atoms with E-state index in [2.05, 4.69) is 0 Å². The standard InChI is InChI=1S/C13H16FNO/c1-3-15-7-10(9(2)8-16)13-11(14)5-4-6-12(13)15/h4-7,9,16H,3,8H2,1-2H3. The number of aliphatic hydroxyl groups excluding tert-OH is 1. The van der Waals surface area contributed by atoms with Gasteiger partial charge in [0.05, 0.1) is 5.52 Å². The van der Waals surface area contributed by atoms with Crippen LogP contribution in [0, 0.1) is 5.82 Å². The van der Waals surface area contributed by atoms with Gasteiger partial charge in [0.2, 0.25) is 0 Å². The Bertz CT molecular complexity index is 504. The van der Waals surface area contributed by atoms with E-state index in [1.165, 1.54) is 6.07 Å². The quantitative estimate of drug-likeness (QED) is 0.847. The number of hydrogen-bond donors (Lipinski definition) is 1. The van der Waals surface area contributed by atoms with E-state index >= 15 is 0 Å². The number of rotatable bonds is 3. The molecule has 2 nitrogen and oxygen atoms in total. The van der Waals surface area contributed by atoms with Gasteiger partial charge >= 0.3 is 0 Å². The summed E-state index contributed by atoms with van der Waals surface area (Å²) in [5, 5.41) is 9.83. The van der Waals surface area contributed by atoms with Gasteiger partial charge in [-0.1, -0.05) is 13.0 Å². The molecule has 0 aliphatic carbocycles. The number of aryl methyl sites for hydroxylation is 1. The molecule has 2 rings (SSSR count). The van der Waals surface area contributed by atoms with E-state index in [1.54, 1.807) is 6.07 Å². The van der Waals surface area contributed by atoms with Gasteiger partial charge in [0.25, 0.3) is 0 Å². The highest BCUT2D eigenvalue weighted by molar-refractivity contribution is 5.85. The third kappa shape index (κ3) is 1.61. The molecule has 0 fully saturated rings. The maximum atomic E-state index is 13.8. The molecule has 3 heteroatoms. The Hall–Kier alpha value is -1.35. The summed E-state index contributed by atoms with van der Waals surface area (Å²) in [6.45, 7) is 4.77. The first-order chi connectivity index (χ1) is 7.69. The predicted octanol–water partition coefficient (Wildman–Crippen LogP) is 2.90. The smallest absolute Gasteiger partial charge is 0.132 e. The molecule has 0 amide bonds. The Balaban J connectivity index is 2.74. The van der Waals surface area contributed by atoms with Crippen LogP contribution >= 0.6 is 0 Å². The monoisotopic (exact) mass is 221 g/mol. The lowest BCUT2D eigenvalue weighted by molar-refractivity contribution is 0.273. The molecule has 1 heterocycles. The minimum atomic E-state index is -0.208. The molecule has 1 aromatic carbocycles. The molecule has 1 aromatic heterocycles. The Labute approximate surface area is 94.3 Å². The highest BCUT2D eigenvalue weighted by Crippen LogP contribution is 2.29. The van der Waals surface area contributed by atoms with Crippen LogP contribution in [0.4, 0.5) is 4.39 Å². The van der Waals surface area contributed by atoms with Gasteiger partial charge in [-0.15, -0.1) is 0 Å². The van der Waals surface area contributed by atoms with Crippen molar-refractivity contribution in [1.82, 2.24) is 4.57 Å². The van der Waals surface area contributed by atoms with Crippen LogP contribution < -0.4 is 0 Å². The number of nitrogens with zero attached hydrogens (tertiary/aromatic N) is 1. The first kappa shape index (κ1) is 11.1. The normalized spacial score (nSPS) is 13.2. The molecule has 1 unspecified atom stereocenters. The van der Waals surface area contributed by atoms with Crippen LogP contribution in [0.3, 0.4) is 0 Å². The molecule has 0 saturated heterocycles. The molecule has 2 aromatic rings. The molecule has 0 aliphatic rings. The first-order valence-electron chi connectivity index (χ1n) is 5.57. The van der Waals surface area contributed by atoms with Crippen molar-refractivity contribution in [2.75, 3.05) is 6.61 Å². The number of aliphatic hydroxyl groups is 1. The van der Waals surface area contributed by atoms with Crippen LogP contribution in [0.15, 0.2) is 24.4 Å².